The van der Waals surface area contributed by atoms with Crippen LogP contribution in [0.4, 0.5) is 72.1 Å². The number of hydrogen-bond acceptors (Lipinski definition) is 11. The van der Waals surface area contributed by atoms with Gasteiger partial charge in [0, 0.05) is 60.6 Å². The van der Waals surface area contributed by atoms with Crippen LogP contribution in [-0.2, 0) is 13.1 Å². The number of urea groups is 2. The number of fused-ring (bicyclic) bond motifs is 2. The summed E-state index contributed by atoms with van der Waals surface area (Å²) in [7, 11) is 0. The highest BCUT2D eigenvalue weighted by atomic mass is 35.5. The highest BCUT2D eigenvalue weighted by Crippen LogP contribution is 2.42. The molecule has 0 radical (unpaired) electrons. The number of rotatable bonds is 9. The maximum Gasteiger partial charge on any atom is 0.328 e. The average Bonchev–Trinajstić information content (AvgIpc) is 3.56. The first kappa shape index (κ1) is 54.5. The molecule has 12 rings (SSSR count). The van der Waals surface area contributed by atoms with Gasteiger partial charge in [0.15, 0.2) is 11.6 Å². The van der Waals surface area contributed by atoms with Crippen molar-refractivity contribution >= 4 is 70.2 Å². The molecule has 0 saturated carbocycles. The number of nitrogens with one attached hydrogen (secondary N) is 3. The smallest absolute Gasteiger partial charge is 0.328 e. The number of aromatic nitrogens is 4. The largest absolute Gasteiger partial charge is 0.341 e. The molecule has 4 aromatic carbocycles. The number of carbonyl (C=O) groups excluding carboxylic acids is 3. The van der Waals surface area contributed by atoms with E-state index in [2.05, 4.69) is 40.6 Å². The number of amides is 5. The zero-order chi connectivity index (χ0) is 55.6. The highest BCUT2D eigenvalue weighted by molar-refractivity contribution is 6.31. The molecule has 16 nitrogen and oxygen atoms in total. The van der Waals surface area contributed by atoms with Crippen LogP contribution in [0.25, 0.3) is 11.3 Å². The summed E-state index contributed by atoms with van der Waals surface area (Å²) in [5.41, 5.74) is 2.50. The van der Waals surface area contributed by atoms with Crippen molar-refractivity contribution in [3.05, 3.63) is 135 Å². The van der Waals surface area contributed by atoms with E-state index in [-0.39, 0.29) is 29.9 Å². The SMILES string of the molecule is Cc1ccc(C(=O)Nc2ccc(F)cc2)cc1-c1nc(N2CCC(N3CCCCC3)CC2)nc2c1CNC(=O)N2c1c(F)cccc1F.O=C1NCc2c(Cl)nc(N3CCC(N4CCCCC4)CC3)nc2N1c1c(F)cccc1F. The van der Waals surface area contributed by atoms with Crippen molar-refractivity contribution < 1.29 is 36.3 Å². The van der Waals surface area contributed by atoms with Crippen LogP contribution >= 0.6 is 11.6 Å². The van der Waals surface area contributed by atoms with Crippen LogP contribution in [0.2, 0.25) is 5.15 Å². The molecule has 8 heterocycles. The summed E-state index contributed by atoms with van der Waals surface area (Å²) in [6, 6.07) is 17.2. The van der Waals surface area contributed by atoms with Crippen molar-refractivity contribution in [2.24, 2.45) is 0 Å². The Morgan fingerprint density at radius 2 is 1.04 bits per heavy atom. The second-order valence-corrected chi connectivity index (χ2v) is 21.4. The fourth-order valence-electron chi connectivity index (χ4n) is 11.8. The molecule has 2 aromatic heterocycles. The van der Waals surface area contributed by atoms with Gasteiger partial charge in [-0.05, 0) is 151 Å². The van der Waals surface area contributed by atoms with Crippen molar-refractivity contribution in [3.63, 3.8) is 0 Å². The van der Waals surface area contributed by atoms with Gasteiger partial charge in [0.1, 0.15) is 45.6 Å². The quantitative estimate of drug-likeness (QED) is 0.0935. The van der Waals surface area contributed by atoms with Gasteiger partial charge in [0.25, 0.3) is 5.91 Å². The Hall–Kier alpha value is -7.49. The first-order chi connectivity index (χ1) is 38.8. The van der Waals surface area contributed by atoms with E-state index in [0.29, 0.717) is 70.7 Å². The Morgan fingerprint density at radius 1 is 0.575 bits per heavy atom. The predicted octanol–water partition coefficient (Wildman–Crippen LogP) is 11.2. The summed E-state index contributed by atoms with van der Waals surface area (Å²) >= 11 is 6.45. The number of para-hydroxylation sites is 2. The number of anilines is 7. The Balaban J connectivity index is 0.000000183. The molecule has 418 valence electrons. The summed E-state index contributed by atoms with van der Waals surface area (Å²) < 4.78 is 72.9. The molecule has 0 unspecified atom stereocenters. The average molecular weight is 1120 g/mol. The number of aryl methyl sites for hydroxylation is 1. The normalized spacial score (nSPS) is 18.4. The second kappa shape index (κ2) is 23.7. The Labute approximate surface area is 465 Å². The standard InChI is InChI=1S/C36H36F3N7O2.C22H25ClF2N6O/c1-22-8-9-23(34(47)41-25-12-10-24(37)11-13-25)20-27(22)31-28-21-40-36(48)46(32-29(38)6-5-7-30(32)39)33(28)43-35(42-31)45-18-14-26(15-19-45)44-16-3-2-4-17-44;23-19-15-13-26-22(32)31(18-16(24)5-4-6-17(18)25)20(15)28-21(27-19)30-11-7-14(8-12-30)29-9-2-1-3-10-29/h5-13,20,26H,2-4,14-19,21H2,1H3,(H,40,48)(H,41,47);4-6,14H,1-3,7-13H2,(H,26,32). The van der Waals surface area contributed by atoms with E-state index in [4.69, 9.17) is 21.6 Å². The predicted molar refractivity (Wildman–Crippen MR) is 296 cm³/mol. The monoisotopic (exact) mass is 1120 g/mol. The molecule has 5 amide bonds. The fourth-order valence-corrected chi connectivity index (χ4v) is 12.0. The molecule has 0 aliphatic carbocycles. The molecule has 6 aliphatic heterocycles. The van der Waals surface area contributed by atoms with E-state index in [0.717, 1.165) is 105 Å². The molecule has 22 heteroatoms. The van der Waals surface area contributed by atoms with Crippen molar-refractivity contribution in [2.45, 2.75) is 96.3 Å². The highest BCUT2D eigenvalue weighted by Gasteiger charge is 2.38. The number of likely N-dealkylation sites (tertiary alicyclic amines) is 2. The molecule has 0 spiro atoms. The molecule has 6 aromatic rings. The first-order valence-electron chi connectivity index (χ1n) is 27.5. The lowest BCUT2D eigenvalue weighted by molar-refractivity contribution is 0.102. The maximum absolute atomic E-state index is 15.2. The van der Waals surface area contributed by atoms with E-state index in [1.54, 1.807) is 18.2 Å². The molecule has 80 heavy (non-hydrogen) atoms. The number of piperidine rings is 4. The van der Waals surface area contributed by atoms with Crippen LogP contribution in [-0.4, -0.2) is 112 Å². The molecule has 6 aliphatic rings. The van der Waals surface area contributed by atoms with Crippen molar-refractivity contribution in [2.75, 3.05) is 77.3 Å². The van der Waals surface area contributed by atoms with Gasteiger partial charge in [-0.1, -0.05) is 42.6 Å². The minimum absolute atomic E-state index is 0.0127. The Morgan fingerprint density at radius 3 is 1.54 bits per heavy atom. The van der Waals surface area contributed by atoms with Crippen LogP contribution in [0.3, 0.4) is 0 Å². The van der Waals surface area contributed by atoms with Crippen LogP contribution in [0, 0.1) is 36.0 Å². The summed E-state index contributed by atoms with van der Waals surface area (Å²) in [6.07, 6.45) is 11.3. The number of benzene rings is 4. The van der Waals surface area contributed by atoms with Crippen LogP contribution in [0.1, 0.15) is 91.3 Å². The molecular formula is C58H61ClF5N13O3. The van der Waals surface area contributed by atoms with Gasteiger partial charge in [0.2, 0.25) is 11.9 Å². The number of nitrogens with zero attached hydrogens (tertiary/aromatic N) is 10. The summed E-state index contributed by atoms with van der Waals surface area (Å²) in [4.78, 5) is 69.3. The number of carbonyl (C=O) groups is 3. The van der Waals surface area contributed by atoms with E-state index in [1.807, 2.05) is 11.8 Å². The van der Waals surface area contributed by atoms with E-state index in [1.165, 1.54) is 74.9 Å². The summed E-state index contributed by atoms with van der Waals surface area (Å²) in [6.45, 7) is 9.39. The lowest BCUT2D eigenvalue weighted by Crippen LogP contribution is -2.47. The van der Waals surface area contributed by atoms with Gasteiger partial charge in [-0.3, -0.25) is 4.79 Å². The molecule has 3 N–H and O–H groups in total. The molecule has 4 fully saturated rings. The van der Waals surface area contributed by atoms with E-state index < -0.39 is 58.4 Å². The fraction of sp³-hybridized carbons (Fsp3) is 0.397. The minimum atomic E-state index is -0.905. The lowest BCUT2D eigenvalue weighted by Gasteiger charge is -2.40. The van der Waals surface area contributed by atoms with Crippen LogP contribution in [0.5, 0.6) is 0 Å². The Bertz CT molecular complexity index is 3250. The molecule has 4 saturated heterocycles. The van der Waals surface area contributed by atoms with Gasteiger partial charge < -0.3 is 35.6 Å². The van der Waals surface area contributed by atoms with Crippen molar-refractivity contribution in [1.82, 2.24) is 40.4 Å². The maximum atomic E-state index is 15.2. The Kier molecular flexibility index (Phi) is 16.1. The van der Waals surface area contributed by atoms with E-state index >= 15 is 8.78 Å². The zero-order valence-corrected chi connectivity index (χ0v) is 45.0. The third kappa shape index (κ3) is 11.3. The lowest BCUT2D eigenvalue weighted by atomic mass is 9.97. The molecule has 0 bridgehead atoms. The summed E-state index contributed by atoms with van der Waals surface area (Å²) in [5, 5.41) is 8.28. The van der Waals surface area contributed by atoms with Crippen molar-refractivity contribution in [3.8, 4) is 11.3 Å². The van der Waals surface area contributed by atoms with Gasteiger partial charge in [-0.15, -0.1) is 0 Å². The number of halogens is 6. The van der Waals surface area contributed by atoms with Crippen molar-refractivity contribution in [1.29, 1.82) is 0 Å². The second-order valence-electron chi connectivity index (χ2n) is 21.0. The number of hydrogen-bond donors (Lipinski definition) is 3. The third-order valence-corrected chi connectivity index (χ3v) is 16.4. The zero-order valence-electron chi connectivity index (χ0n) is 44.3. The van der Waals surface area contributed by atoms with Gasteiger partial charge >= 0.3 is 12.1 Å². The third-order valence-electron chi connectivity index (χ3n) is 16.0. The summed E-state index contributed by atoms with van der Waals surface area (Å²) in [5.74, 6) is -3.42. The van der Waals surface area contributed by atoms with Gasteiger partial charge in [-0.25, -0.2) is 51.3 Å². The first-order valence-corrected chi connectivity index (χ1v) is 27.8. The van der Waals surface area contributed by atoms with Crippen LogP contribution < -0.4 is 35.6 Å². The topological polar surface area (TPSA) is 158 Å². The van der Waals surface area contributed by atoms with Gasteiger partial charge in [-0.2, -0.15) is 9.97 Å². The van der Waals surface area contributed by atoms with Crippen LogP contribution in [0.15, 0.2) is 78.9 Å². The molecular weight excluding hydrogens is 1060 g/mol. The minimum Gasteiger partial charge on any atom is -0.341 e. The van der Waals surface area contributed by atoms with E-state index in [9.17, 15) is 27.6 Å². The van der Waals surface area contributed by atoms with Gasteiger partial charge in [0.05, 0.1) is 24.3 Å². The molecule has 0 atom stereocenters.